The highest BCUT2D eigenvalue weighted by Gasteiger charge is 2.17. The number of benzene rings is 2. The van der Waals surface area contributed by atoms with Crippen LogP contribution >= 0.6 is 34.8 Å². The Kier molecular flexibility index (Phi) is 3.57. The van der Waals surface area contributed by atoms with Gasteiger partial charge in [0.1, 0.15) is 0 Å². The Labute approximate surface area is 135 Å². The number of fused-ring (bicyclic) bond motifs is 1. The summed E-state index contributed by atoms with van der Waals surface area (Å²) >= 11 is 17.8. The van der Waals surface area contributed by atoms with Crippen molar-refractivity contribution in [3.05, 3.63) is 62.7 Å². The minimum absolute atomic E-state index is 0.186. The van der Waals surface area contributed by atoms with E-state index in [4.69, 9.17) is 40.5 Å². The van der Waals surface area contributed by atoms with Crippen molar-refractivity contribution in [2.45, 2.75) is 0 Å². The first-order chi connectivity index (χ1) is 9.97. The maximum atomic E-state index is 12.6. The van der Waals surface area contributed by atoms with Crippen molar-refractivity contribution in [2.75, 3.05) is 5.73 Å². The van der Waals surface area contributed by atoms with Gasteiger partial charge in [-0.3, -0.25) is 4.79 Å². The van der Waals surface area contributed by atoms with Gasteiger partial charge < -0.3 is 10.7 Å². The molecule has 0 saturated carbocycles. The third-order valence-corrected chi connectivity index (χ3v) is 4.26. The van der Waals surface area contributed by atoms with Crippen LogP contribution in [0.5, 0.6) is 0 Å². The Hall–Kier alpha value is -1.68. The summed E-state index contributed by atoms with van der Waals surface area (Å²) in [7, 11) is 0. The van der Waals surface area contributed by atoms with E-state index in [0.717, 1.165) is 10.9 Å². The quantitative estimate of drug-likeness (QED) is 0.513. The first-order valence-corrected chi connectivity index (χ1v) is 7.16. The van der Waals surface area contributed by atoms with E-state index in [2.05, 4.69) is 4.98 Å². The molecular weight excluding hydrogens is 331 g/mol. The lowest BCUT2D eigenvalue weighted by molar-refractivity contribution is 0.104. The highest BCUT2D eigenvalue weighted by molar-refractivity contribution is 6.44. The second-order valence-corrected chi connectivity index (χ2v) is 5.80. The molecule has 3 nitrogen and oxygen atoms in total. The second kappa shape index (κ2) is 5.26. The number of H-pyrrole nitrogens is 1. The fraction of sp³-hybridized carbons (Fsp3) is 0. The van der Waals surface area contributed by atoms with Gasteiger partial charge in [0.15, 0.2) is 5.78 Å². The van der Waals surface area contributed by atoms with Crippen molar-refractivity contribution in [2.24, 2.45) is 0 Å². The lowest BCUT2D eigenvalue weighted by Gasteiger charge is -2.05. The smallest absolute Gasteiger partial charge is 0.195 e. The van der Waals surface area contributed by atoms with Gasteiger partial charge in [-0.25, -0.2) is 0 Å². The standard InChI is InChI=1S/C15H9Cl3N2O/c16-8-1-2-9-10(6-20-13(9)5-8)15(21)7-3-11(17)14(18)12(19)4-7/h1-6,20H,19H2. The van der Waals surface area contributed by atoms with Gasteiger partial charge in [0.05, 0.1) is 15.7 Å². The number of carbonyl (C=O) groups is 1. The molecule has 1 heterocycles. The average molecular weight is 340 g/mol. The molecule has 1 aromatic heterocycles. The van der Waals surface area contributed by atoms with Crippen molar-refractivity contribution in [3.8, 4) is 0 Å². The number of aromatic nitrogens is 1. The van der Waals surface area contributed by atoms with Crippen LogP contribution in [-0.2, 0) is 0 Å². The molecule has 0 aliphatic heterocycles. The fourth-order valence-electron chi connectivity index (χ4n) is 2.18. The van der Waals surface area contributed by atoms with Crippen LogP contribution in [0.3, 0.4) is 0 Å². The van der Waals surface area contributed by atoms with Crippen molar-refractivity contribution in [3.63, 3.8) is 0 Å². The van der Waals surface area contributed by atoms with Gasteiger partial charge in [0, 0.05) is 33.2 Å². The summed E-state index contributed by atoms with van der Waals surface area (Å²) in [6.07, 6.45) is 1.64. The van der Waals surface area contributed by atoms with Crippen LogP contribution in [0.25, 0.3) is 10.9 Å². The number of hydrogen-bond donors (Lipinski definition) is 2. The third-order valence-electron chi connectivity index (χ3n) is 3.21. The van der Waals surface area contributed by atoms with Crippen LogP contribution in [-0.4, -0.2) is 10.8 Å². The topological polar surface area (TPSA) is 58.9 Å². The molecule has 0 unspecified atom stereocenters. The summed E-state index contributed by atoms with van der Waals surface area (Å²) in [4.78, 5) is 15.6. The number of nitrogen functional groups attached to an aromatic ring is 1. The monoisotopic (exact) mass is 338 g/mol. The summed E-state index contributed by atoms with van der Waals surface area (Å²) in [6, 6.07) is 8.32. The number of nitrogens with one attached hydrogen (secondary N) is 1. The van der Waals surface area contributed by atoms with E-state index < -0.39 is 0 Å². The molecule has 3 rings (SSSR count). The fourth-order valence-corrected chi connectivity index (χ4v) is 2.69. The molecule has 2 aromatic carbocycles. The van der Waals surface area contributed by atoms with Gasteiger partial charge in [-0.2, -0.15) is 0 Å². The molecule has 3 N–H and O–H groups in total. The van der Waals surface area contributed by atoms with Crippen molar-refractivity contribution in [1.29, 1.82) is 0 Å². The minimum atomic E-state index is -0.186. The number of nitrogens with two attached hydrogens (primary N) is 1. The zero-order valence-corrected chi connectivity index (χ0v) is 12.9. The molecule has 0 aliphatic rings. The van der Waals surface area contributed by atoms with Crippen molar-refractivity contribution < 1.29 is 4.79 Å². The van der Waals surface area contributed by atoms with Gasteiger partial charge in [-0.05, 0) is 24.3 Å². The molecule has 0 fully saturated rings. The molecule has 3 aromatic rings. The molecule has 6 heteroatoms. The summed E-state index contributed by atoms with van der Waals surface area (Å²) < 4.78 is 0. The number of halogens is 3. The predicted octanol–water partition coefficient (Wildman–Crippen LogP) is 4.94. The van der Waals surface area contributed by atoms with Crippen LogP contribution < -0.4 is 5.73 Å². The van der Waals surface area contributed by atoms with Gasteiger partial charge >= 0.3 is 0 Å². The van der Waals surface area contributed by atoms with Gasteiger partial charge in [-0.15, -0.1) is 0 Å². The maximum Gasteiger partial charge on any atom is 0.195 e. The first kappa shape index (κ1) is 14.3. The van der Waals surface area contributed by atoms with Crippen LogP contribution in [0, 0.1) is 0 Å². The predicted molar refractivity (Wildman–Crippen MR) is 87.6 cm³/mol. The maximum absolute atomic E-state index is 12.6. The summed E-state index contributed by atoms with van der Waals surface area (Å²) in [5.41, 5.74) is 7.73. The normalized spacial score (nSPS) is 11.0. The summed E-state index contributed by atoms with van der Waals surface area (Å²) in [6.45, 7) is 0. The molecular formula is C15H9Cl3N2O. The minimum Gasteiger partial charge on any atom is -0.397 e. The van der Waals surface area contributed by atoms with E-state index in [-0.39, 0.29) is 21.5 Å². The van der Waals surface area contributed by atoms with E-state index in [1.807, 2.05) is 0 Å². The molecule has 0 bridgehead atoms. The van der Waals surface area contributed by atoms with Gasteiger partial charge in [0.2, 0.25) is 0 Å². The number of ketones is 1. The number of hydrogen-bond acceptors (Lipinski definition) is 2. The van der Waals surface area contributed by atoms with E-state index in [1.54, 1.807) is 24.4 Å². The van der Waals surface area contributed by atoms with E-state index >= 15 is 0 Å². The number of aromatic amines is 1. The Morgan fingerprint density at radius 3 is 2.57 bits per heavy atom. The van der Waals surface area contributed by atoms with Crippen molar-refractivity contribution >= 4 is 57.2 Å². The number of carbonyl (C=O) groups excluding carboxylic acids is 1. The Bertz CT molecular complexity index is 847. The molecule has 106 valence electrons. The van der Waals surface area contributed by atoms with Crippen molar-refractivity contribution in [1.82, 2.24) is 4.98 Å². The SMILES string of the molecule is Nc1cc(C(=O)c2c[nH]c3cc(Cl)ccc23)cc(Cl)c1Cl. The number of anilines is 1. The number of rotatable bonds is 2. The van der Waals surface area contributed by atoms with E-state index in [1.165, 1.54) is 12.1 Å². The van der Waals surface area contributed by atoms with Crippen LogP contribution in [0.2, 0.25) is 15.1 Å². The molecule has 21 heavy (non-hydrogen) atoms. The molecule has 0 amide bonds. The van der Waals surface area contributed by atoms with E-state index in [9.17, 15) is 4.79 Å². The lowest BCUT2D eigenvalue weighted by atomic mass is 10.0. The molecule has 0 saturated heterocycles. The zero-order valence-electron chi connectivity index (χ0n) is 10.6. The Morgan fingerprint density at radius 2 is 1.86 bits per heavy atom. The summed E-state index contributed by atoms with van der Waals surface area (Å²) in [5, 5.41) is 1.89. The molecule has 0 radical (unpaired) electrons. The Morgan fingerprint density at radius 1 is 1.10 bits per heavy atom. The molecule has 0 spiro atoms. The second-order valence-electron chi connectivity index (χ2n) is 4.58. The van der Waals surface area contributed by atoms with Crippen LogP contribution in [0.1, 0.15) is 15.9 Å². The van der Waals surface area contributed by atoms with Gasteiger partial charge in [-0.1, -0.05) is 40.9 Å². The lowest BCUT2D eigenvalue weighted by Crippen LogP contribution is -2.02. The van der Waals surface area contributed by atoms with E-state index in [0.29, 0.717) is 16.1 Å². The first-order valence-electron chi connectivity index (χ1n) is 6.03. The average Bonchev–Trinajstić information content (AvgIpc) is 2.86. The highest BCUT2D eigenvalue weighted by atomic mass is 35.5. The van der Waals surface area contributed by atoms with Gasteiger partial charge in [0.25, 0.3) is 0 Å². The largest absolute Gasteiger partial charge is 0.397 e. The Balaban J connectivity index is 2.13. The van der Waals surface area contributed by atoms with Crippen LogP contribution in [0.15, 0.2) is 36.5 Å². The highest BCUT2D eigenvalue weighted by Crippen LogP contribution is 2.31. The molecule has 0 aliphatic carbocycles. The van der Waals surface area contributed by atoms with Crippen LogP contribution in [0.4, 0.5) is 5.69 Å². The third kappa shape index (κ3) is 2.48. The molecule has 0 atom stereocenters. The zero-order chi connectivity index (χ0) is 15.1. The summed E-state index contributed by atoms with van der Waals surface area (Å²) in [5.74, 6) is -0.186.